The highest BCUT2D eigenvalue weighted by Gasteiger charge is 2.47. The summed E-state index contributed by atoms with van der Waals surface area (Å²) in [5.74, 6) is -1.61. The van der Waals surface area contributed by atoms with Crippen LogP contribution in [0.1, 0.15) is 24.1 Å². The van der Waals surface area contributed by atoms with Gasteiger partial charge in [0.25, 0.3) is 17.4 Å². The van der Waals surface area contributed by atoms with Gasteiger partial charge in [-0.15, -0.1) is 0 Å². The van der Waals surface area contributed by atoms with Gasteiger partial charge < -0.3 is 9.84 Å². The molecule has 0 aliphatic carbocycles. The second-order valence-corrected chi connectivity index (χ2v) is 7.89. The third kappa shape index (κ3) is 4.23. The molecule has 0 saturated carbocycles. The van der Waals surface area contributed by atoms with Crippen LogP contribution in [-0.4, -0.2) is 28.3 Å². The first-order chi connectivity index (χ1) is 16.3. The van der Waals surface area contributed by atoms with Crippen LogP contribution in [0.2, 0.25) is 5.02 Å². The van der Waals surface area contributed by atoms with Gasteiger partial charge in [-0.05, 0) is 48.9 Å². The molecule has 0 aromatic heterocycles. The third-order valence-corrected chi connectivity index (χ3v) is 5.64. The highest BCUT2D eigenvalue weighted by Crippen LogP contribution is 2.43. The number of nitrogens with zero attached hydrogens (tertiary/aromatic N) is 2. The number of amides is 1. The Labute approximate surface area is 199 Å². The van der Waals surface area contributed by atoms with Crippen LogP contribution in [0, 0.1) is 10.1 Å². The molecule has 0 spiro atoms. The van der Waals surface area contributed by atoms with Gasteiger partial charge in [0.2, 0.25) is 0 Å². The Hall–Kier alpha value is -4.17. The van der Waals surface area contributed by atoms with Crippen molar-refractivity contribution >= 4 is 40.4 Å². The number of hydrogen-bond donors (Lipinski definition) is 1. The zero-order valence-electron chi connectivity index (χ0n) is 18.0. The van der Waals surface area contributed by atoms with Crippen molar-refractivity contribution in [2.45, 2.75) is 13.0 Å². The van der Waals surface area contributed by atoms with Gasteiger partial charge in [-0.2, -0.15) is 0 Å². The van der Waals surface area contributed by atoms with Gasteiger partial charge in [0.15, 0.2) is 0 Å². The molecule has 1 fully saturated rings. The van der Waals surface area contributed by atoms with Crippen LogP contribution in [0.15, 0.2) is 78.4 Å². The molecule has 4 rings (SSSR count). The van der Waals surface area contributed by atoms with E-state index in [1.54, 1.807) is 48.5 Å². The molecular formula is C25H19ClN2O6. The number of aliphatic hydroxyl groups excluding tert-OH is 1. The van der Waals surface area contributed by atoms with E-state index >= 15 is 0 Å². The number of hydrogen-bond acceptors (Lipinski definition) is 6. The lowest BCUT2D eigenvalue weighted by Gasteiger charge is -2.26. The minimum atomic E-state index is -0.954. The Balaban J connectivity index is 1.90. The molecule has 1 aliphatic rings. The summed E-state index contributed by atoms with van der Waals surface area (Å²) < 4.78 is 5.54. The maximum atomic E-state index is 13.2. The molecule has 1 heterocycles. The Morgan fingerprint density at radius 3 is 2.38 bits per heavy atom. The lowest BCUT2D eigenvalue weighted by Crippen LogP contribution is -2.29. The average Bonchev–Trinajstić information content (AvgIpc) is 3.10. The summed E-state index contributed by atoms with van der Waals surface area (Å²) in [6.07, 6.45) is 0. The number of nitro benzene ring substituents is 1. The fourth-order valence-corrected chi connectivity index (χ4v) is 3.97. The van der Waals surface area contributed by atoms with E-state index in [-0.39, 0.29) is 16.8 Å². The smallest absolute Gasteiger partial charge is 0.300 e. The summed E-state index contributed by atoms with van der Waals surface area (Å²) in [6, 6.07) is 17.5. The van der Waals surface area contributed by atoms with Crippen molar-refractivity contribution in [3.05, 3.63) is 105 Å². The lowest BCUT2D eigenvalue weighted by atomic mass is 9.95. The maximum absolute atomic E-state index is 13.2. The monoisotopic (exact) mass is 478 g/mol. The molecule has 34 heavy (non-hydrogen) atoms. The predicted octanol–water partition coefficient (Wildman–Crippen LogP) is 5.27. The van der Waals surface area contributed by atoms with Gasteiger partial charge in [-0.1, -0.05) is 29.8 Å². The minimum Gasteiger partial charge on any atom is -0.507 e. The molecule has 1 aliphatic heterocycles. The number of non-ortho nitro benzene ring substituents is 1. The summed E-state index contributed by atoms with van der Waals surface area (Å²) in [7, 11) is 0. The number of ketones is 1. The van der Waals surface area contributed by atoms with E-state index in [1.807, 2.05) is 6.92 Å². The van der Waals surface area contributed by atoms with Crippen molar-refractivity contribution in [2.75, 3.05) is 11.5 Å². The van der Waals surface area contributed by atoms with Crippen LogP contribution >= 0.6 is 11.6 Å². The van der Waals surface area contributed by atoms with Gasteiger partial charge in [-0.25, -0.2) is 0 Å². The molecule has 1 unspecified atom stereocenters. The fraction of sp³-hybridized carbons (Fsp3) is 0.120. The Morgan fingerprint density at radius 1 is 1.09 bits per heavy atom. The second-order valence-electron chi connectivity index (χ2n) is 7.46. The first-order valence-electron chi connectivity index (χ1n) is 10.4. The lowest BCUT2D eigenvalue weighted by molar-refractivity contribution is -0.384. The van der Waals surface area contributed by atoms with Gasteiger partial charge in [0.05, 0.1) is 23.1 Å². The number of carbonyl (C=O) groups excluding carboxylic acids is 2. The van der Waals surface area contributed by atoms with Crippen LogP contribution in [-0.2, 0) is 9.59 Å². The number of carbonyl (C=O) groups is 2. The number of rotatable bonds is 6. The van der Waals surface area contributed by atoms with Crippen LogP contribution < -0.4 is 9.64 Å². The zero-order chi connectivity index (χ0) is 24.4. The summed E-state index contributed by atoms with van der Waals surface area (Å²) in [6.45, 7) is 2.25. The minimum absolute atomic E-state index is 0.136. The number of Topliss-reactive ketones (excluding diaryl/α,β-unsaturated/α-hetero) is 1. The molecule has 9 heteroatoms. The van der Waals surface area contributed by atoms with Crippen molar-refractivity contribution in [3.8, 4) is 5.75 Å². The third-order valence-electron chi connectivity index (χ3n) is 5.39. The molecule has 1 saturated heterocycles. The Morgan fingerprint density at radius 2 is 1.76 bits per heavy atom. The quantitative estimate of drug-likeness (QED) is 0.170. The molecule has 8 nitrogen and oxygen atoms in total. The van der Waals surface area contributed by atoms with Crippen molar-refractivity contribution in [3.63, 3.8) is 0 Å². The van der Waals surface area contributed by atoms with Crippen molar-refractivity contribution in [1.82, 2.24) is 0 Å². The number of aliphatic hydroxyl groups is 1. The molecule has 3 aromatic carbocycles. The highest BCUT2D eigenvalue weighted by atomic mass is 35.5. The van der Waals surface area contributed by atoms with Crippen LogP contribution in [0.25, 0.3) is 5.76 Å². The summed E-state index contributed by atoms with van der Waals surface area (Å²) >= 11 is 6.04. The molecule has 1 N–H and O–H groups in total. The fourth-order valence-electron chi connectivity index (χ4n) is 3.85. The topological polar surface area (TPSA) is 110 Å². The number of anilines is 1. The normalized spacial score (nSPS) is 17.1. The number of nitro groups is 1. The van der Waals surface area contributed by atoms with E-state index in [0.717, 1.165) is 0 Å². The van der Waals surface area contributed by atoms with Gasteiger partial charge >= 0.3 is 0 Å². The average molecular weight is 479 g/mol. The van der Waals surface area contributed by atoms with Crippen molar-refractivity contribution in [1.29, 1.82) is 0 Å². The van der Waals surface area contributed by atoms with Gasteiger partial charge in [0.1, 0.15) is 11.5 Å². The van der Waals surface area contributed by atoms with E-state index in [4.69, 9.17) is 16.3 Å². The Bertz CT molecular complexity index is 1300. The Kier molecular flexibility index (Phi) is 6.34. The van der Waals surface area contributed by atoms with Crippen LogP contribution in [0.3, 0.4) is 0 Å². The highest BCUT2D eigenvalue weighted by molar-refractivity contribution is 6.51. The van der Waals surface area contributed by atoms with Gasteiger partial charge in [0, 0.05) is 34.5 Å². The number of benzene rings is 3. The van der Waals surface area contributed by atoms with Crippen LogP contribution in [0.4, 0.5) is 11.4 Å². The second kappa shape index (κ2) is 9.36. The van der Waals surface area contributed by atoms with E-state index in [2.05, 4.69) is 0 Å². The maximum Gasteiger partial charge on any atom is 0.300 e. The summed E-state index contributed by atoms with van der Waals surface area (Å²) in [5.41, 5.74) is 0.831. The molecule has 172 valence electrons. The SMILES string of the molecule is CCOc1cccc(N2C(=O)C(=O)/C(=C(/O)c3ccc([N+](=O)[O-])cc3)C2c2ccc(Cl)cc2)c1. The van der Waals surface area contributed by atoms with Crippen molar-refractivity contribution in [2.24, 2.45) is 0 Å². The molecule has 0 radical (unpaired) electrons. The first-order valence-corrected chi connectivity index (χ1v) is 10.7. The van der Waals surface area contributed by atoms with E-state index in [9.17, 15) is 24.8 Å². The van der Waals surface area contributed by atoms with Gasteiger partial charge in [-0.3, -0.25) is 24.6 Å². The molecular weight excluding hydrogens is 460 g/mol. The van der Waals surface area contributed by atoms with E-state index in [0.29, 0.717) is 28.6 Å². The first kappa shape index (κ1) is 23.0. The number of ether oxygens (including phenoxy) is 1. The molecule has 1 atom stereocenters. The standard InChI is InChI=1S/C25H19ClN2O6/c1-2-34-20-5-3-4-19(14-20)27-22(15-6-10-17(26)11-7-15)21(24(30)25(27)31)23(29)16-8-12-18(13-9-16)28(32)33/h3-14,22,29H,2H2,1H3/b23-21+. The largest absolute Gasteiger partial charge is 0.507 e. The predicted molar refractivity (Wildman–Crippen MR) is 127 cm³/mol. The summed E-state index contributed by atoms with van der Waals surface area (Å²) in [4.78, 5) is 38.1. The van der Waals surface area contributed by atoms with E-state index in [1.165, 1.54) is 29.2 Å². The number of halogens is 1. The zero-order valence-corrected chi connectivity index (χ0v) is 18.7. The molecule has 3 aromatic rings. The molecule has 0 bridgehead atoms. The van der Waals surface area contributed by atoms with Crippen molar-refractivity contribution < 1.29 is 24.4 Å². The molecule has 1 amide bonds. The van der Waals surface area contributed by atoms with Crippen LogP contribution in [0.5, 0.6) is 5.75 Å². The summed E-state index contributed by atoms with van der Waals surface area (Å²) in [5, 5.41) is 22.5. The van der Waals surface area contributed by atoms with E-state index < -0.39 is 28.4 Å².